The fraction of sp³-hybridized carbons (Fsp3) is 0.167. The minimum Gasteiger partial charge on any atom is -0.481 e. The van der Waals surface area contributed by atoms with Crippen molar-refractivity contribution in [2.24, 2.45) is 0 Å². The van der Waals surface area contributed by atoms with Gasteiger partial charge in [-0.2, -0.15) is 15.0 Å². The van der Waals surface area contributed by atoms with Gasteiger partial charge in [0, 0.05) is 5.56 Å². The van der Waals surface area contributed by atoms with Gasteiger partial charge in [0.05, 0.1) is 12.5 Å². The van der Waals surface area contributed by atoms with Crippen molar-refractivity contribution >= 4 is 29.2 Å². The molecule has 0 saturated carbocycles. The number of allylic oxidation sites excluding steroid dienone is 4. The fourth-order valence-electron chi connectivity index (χ4n) is 2.22. The highest BCUT2D eigenvalue weighted by Crippen LogP contribution is 2.24. The van der Waals surface area contributed by atoms with Gasteiger partial charge in [-0.1, -0.05) is 55.7 Å². The number of carboxylic acid groups (broad SMARTS) is 1. The third-order valence-electron chi connectivity index (χ3n) is 3.32. The minimum absolute atomic E-state index is 0.0258. The van der Waals surface area contributed by atoms with Crippen molar-refractivity contribution in [2.45, 2.75) is 19.4 Å². The second-order valence-electron chi connectivity index (χ2n) is 5.09. The van der Waals surface area contributed by atoms with Crippen molar-refractivity contribution in [3.8, 4) is 0 Å². The molecule has 0 aliphatic heterocycles. The van der Waals surface area contributed by atoms with Gasteiger partial charge in [0.1, 0.15) is 11.0 Å². The lowest BCUT2D eigenvalue weighted by Gasteiger charge is -2.06. The Morgan fingerprint density at radius 3 is 2.61 bits per heavy atom. The molecule has 0 spiro atoms. The van der Waals surface area contributed by atoms with Crippen LogP contribution in [-0.2, 0) is 4.79 Å². The monoisotopic (exact) mass is 309 g/mol. The maximum Gasteiger partial charge on any atom is 0.305 e. The zero-order chi connectivity index (χ0) is 16.8. The Kier molecular flexibility index (Phi) is 5.25. The van der Waals surface area contributed by atoms with E-state index in [9.17, 15) is 4.79 Å². The van der Waals surface area contributed by atoms with Crippen LogP contribution in [0.5, 0.6) is 0 Å². The quantitative estimate of drug-likeness (QED) is 0.788. The van der Waals surface area contributed by atoms with E-state index in [0.717, 1.165) is 22.2 Å². The van der Waals surface area contributed by atoms with Crippen LogP contribution in [-0.4, -0.2) is 26.1 Å². The second kappa shape index (κ2) is 7.35. The fourth-order valence-corrected chi connectivity index (χ4v) is 2.22. The van der Waals surface area contributed by atoms with Gasteiger partial charge in [-0.3, -0.25) is 4.79 Å². The standard InChI is InChI=1S/C18H19N3O2/c1-4-6-8-14-10-11-16-18(15(14)9-7-5-2)20-21(19-16)13(3)12-17(22)23/h4-11,13H,1-2,12H2,3H3,(H,22,23)/b8-6+,9-7+. The molecule has 1 aromatic carbocycles. The van der Waals surface area contributed by atoms with Crippen LogP contribution in [0, 0.1) is 0 Å². The average Bonchev–Trinajstić information content (AvgIpc) is 2.95. The molecule has 0 amide bonds. The molecule has 1 N–H and O–H groups in total. The summed E-state index contributed by atoms with van der Waals surface area (Å²) < 4.78 is 0. The van der Waals surface area contributed by atoms with E-state index in [1.807, 2.05) is 36.4 Å². The lowest BCUT2D eigenvalue weighted by Crippen LogP contribution is -2.13. The van der Waals surface area contributed by atoms with Crippen LogP contribution in [0.4, 0.5) is 0 Å². The zero-order valence-electron chi connectivity index (χ0n) is 13.0. The van der Waals surface area contributed by atoms with E-state index in [0.29, 0.717) is 0 Å². The van der Waals surface area contributed by atoms with Crippen LogP contribution in [0.2, 0.25) is 0 Å². The molecule has 23 heavy (non-hydrogen) atoms. The Hall–Kier alpha value is -2.95. The summed E-state index contributed by atoms with van der Waals surface area (Å²) in [6.07, 6.45) is 10.9. The number of hydrogen-bond donors (Lipinski definition) is 1. The lowest BCUT2D eigenvalue weighted by molar-refractivity contribution is -0.137. The number of rotatable bonds is 7. The molecule has 0 aliphatic carbocycles. The Labute approximate surface area is 134 Å². The molecule has 2 rings (SSSR count). The first-order valence-electron chi connectivity index (χ1n) is 7.26. The molecule has 118 valence electrons. The van der Waals surface area contributed by atoms with Crippen molar-refractivity contribution in [2.75, 3.05) is 0 Å². The molecule has 1 aromatic heterocycles. The first-order chi connectivity index (χ1) is 11.1. The molecule has 1 atom stereocenters. The molecular formula is C18H19N3O2. The van der Waals surface area contributed by atoms with Gasteiger partial charge in [0.15, 0.2) is 0 Å². The van der Waals surface area contributed by atoms with E-state index in [4.69, 9.17) is 5.11 Å². The summed E-state index contributed by atoms with van der Waals surface area (Å²) in [5, 5.41) is 17.8. The number of benzene rings is 1. The van der Waals surface area contributed by atoms with Gasteiger partial charge in [-0.05, 0) is 18.6 Å². The summed E-state index contributed by atoms with van der Waals surface area (Å²) in [6.45, 7) is 9.14. The molecule has 1 heterocycles. The summed E-state index contributed by atoms with van der Waals surface area (Å²) in [5.74, 6) is -0.875. The number of carboxylic acids is 1. The predicted molar refractivity (Wildman–Crippen MR) is 93.0 cm³/mol. The van der Waals surface area contributed by atoms with Crippen molar-refractivity contribution in [1.29, 1.82) is 0 Å². The number of nitrogens with zero attached hydrogens (tertiary/aromatic N) is 3. The Bertz CT molecular complexity index is 800. The Balaban J connectivity index is 2.57. The Morgan fingerprint density at radius 1 is 1.26 bits per heavy atom. The van der Waals surface area contributed by atoms with Crippen molar-refractivity contribution in [3.63, 3.8) is 0 Å². The van der Waals surface area contributed by atoms with E-state index >= 15 is 0 Å². The smallest absolute Gasteiger partial charge is 0.305 e. The average molecular weight is 309 g/mol. The normalized spacial score (nSPS) is 12.9. The van der Waals surface area contributed by atoms with E-state index < -0.39 is 5.97 Å². The molecule has 2 aromatic rings. The van der Waals surface area contributed by atoms with Crippen LogP contribution >= 0.6 is 0 Å². The van der Waals surface area contributed by atoms with Gasteiger partial charge in [-0.15, -0.1) is 0 Å². The Morgan fingerprint density at radius 2 is 1.96 bits per heavy atom. The molecule has 5 heteroatoms. The number of hydrogen-bond acceptors (Lipinski definition) is 3. The summed E-state index contributed by atoms with van der Waals surface area (Å²) in [4.78, 5) is 12.3. The summed E-state index contributed by atoms with van der Waals surface area (Å²) in [5.41, 5.74) is 3.34. The van der Waals surface area contributed by atoms with Crippen LogP contribution in [0.3, 0.4) is 0 Å². The molecule has 1 unspecified atom stereocenters. The molecule has 0 aliphatic rings. The molecule has 0 radical (unpaired) electrons. The van der Waals surface area contributed by atoms with Gasteiger partial charge < -0.3 is 5.11 Å². The lowest BCUT2D eigenvalue weighted by atomic mass is 10.0. The zero-order valence-corrected chi connectivity index (χ0v) is 13.0. The van der Waals surface area contributed by atoms with Crippen LogP contribution in [0.25, 0.3) is 23.2 Å². The molecule has 0 saturated heterocycles. The summed E-state index contributed by atoms with van der Waals surface area (Å²) in [6, 6.07) is 3.51. The second-order valence-corrected chi connectivity index (χ2v) is 5.09. The van der Waals surface area contributed by atoms with Crippen molar-refractivity contribution in [1.82, 2.24) is 15.0 Å². The van der Waals surface area contributed by atoms with Gasteiger partial charge in [-0.25, -0.2) is 0 Å². The molecular weight excluding hydrogens is 290 g/mol. The minimum atomic E-state index is -0.875. The SMILES string of the molecule is C=C/C=C/c1ccc2nn(C(C)CC(=O)O)nc2c1/C=C/C=C. The molecule has 5 nitrogen and oxygen atoms in total. The highest BCUT2D eigenvalue weighted by molar-refractivity contribution is 5.89. The number of fused-ring (bicyclic) bond motifs is 1. The number of aliphatic carboxylic acids is 1. The van der Waals surface area contributed by atoms with Gasteiger partial charge >= 0.3 is 5.97 Å². The first kappa shape index (κ1) is 16.4. The maximum atomic E-state index is 10.9. The maximum absolute atomic E-state index is 10.9. The van der Waals surface area contributed by atoms with Crippen LogP contribution in [0.1, 0.15) is 30.5 Å². The third-order valence-corrected chi connectivity index (χ3v) is 3.32. The van der Waals surface area contributed by atoms with E-state index in [1.54, 1.807) is 19.1 Å². The number of aromatic nitrogens is 3. The highest BCUT2D eigenvalue weighted by Gasteiger charge is 2.15. The third kappa shape index (κ3) is 3.83. The largest absolute Gasteiger partial charge is 0.481 e. The van der Waals surface area contributed by atoms with E-state index in [1.165, 1.54) is 4.80 Å². The van der Waals surface area contributed by atoms with Crippen LogP contribution in [0.15, 0.2) is 49.6 Å². The van der Waals surface area contributed by atoms with Crippen molar-refractivity contribution in [3.05, 3.63) is 60.7 Å². The summed E-state index contributed by atoms with van der Waals surface area (Å²) in [7, 11) is 0. The highest BCUT2D eigenvalue weighted by atomic mass is 16.4. The van der Waals surface area contributed by atoms with Gasteiger partial charge in [0.25, 0.3) is 0 Å². The predicted octanol–water partition coefficient (Wildman–Crippen LogP) is 3.87. The van der Waals surface area contributed by atoms with Crippen LogP contribution < -0.4 is 0 Å². The molecule has 0 fully saturated rings. The van der Waals surface area contributed by atoms with Gasteiger partial charge in [0.2, 0.25) is 0 Å². The summed E-state index contributed by atoms with van der Waals surface area (Å²) >= 11 is 0. The topological polar surface area (TPSA) is 68.0 Å². The number of carbonyl (C=O) groups is 1. The molecule has 0 bridgehead atoms. The van der Waals surface area contributed by atoms with E-state index in [2.05, 4.69) is 23.4 Å². The van der Waals surface area contributed by atoms with E-state index in [-0.39, 0.29) is 12.5 Å². The van der Waals surface area contributed by atoms with Crippen molar-refractivity contribution < 1.29 is 9.90 Å². The first-order valence-corrected chi connectivity index (χ1v) is 7.26.